The monoisotopic (exact) mass is 264 g/mol. The molecule has 1 unspecified atom stereocenters. The summed E-state index contributed by atoms with van der Waals surface area (Å²) in [6.45, 7) is 0. The minimum atomic E-state index is -0.879. The molecule has 1 N–H and O–H groups in total. The van der Waals surface area contributed by atoms with Gasteiger partial charge in [0.2, 0.25) is 0 Å². The van der Waals surface area contributed by atoms with Gasteiger partial charge in [0.1, 0.15) is 0 Å². The van der Waals surface area contributed by atoms with E-state index in [1.165, 1.54) is 0 Å². The van der Waals surface area contributed by atoms with Crippen molar-refractivity contribution in [3.8, 4) is 0 Å². The predicted octanol–water partition coefficient (Wildman–Crippen LogP) is 3.40. The van der Waals surface area contributed by atoms with Crippen LogP contribution in [0.3, 0.4) is 0 Å². The van der Waals surface area contributed by atoms with E-state index in [1.54, 1.807) is 18.2 Å². The number of benzene rings is 1. The third-order valence-electron chi connectivity index (χ3n) is 2.49. The van der Waals surface area contributed by atoms with Gasteiger partial charge in [0.05, 0.1) is 11.3 Å². The van der Waals surface area contributed by atoms with Crippen LogP contribution < -0.4 is 0 Å². The minimum absolute atomic E-state index is 0.180. The van der Waals surface area contributed by atoms with Crippen LogP contribution in [0, 0.1) is 5.92 Å². The van der Waals surface area contributed by atoms with Gasteiger partial charge in [-0.1, -0.05) is 23.2 Å². The number of aliphatic carboxylic acids is 1. The molecule has 1 aliphatic carbocycles. The van der Waals surface area contributed by atoms with Gasteiger partial charge in [-0.2, -0.15) is 0 Å². The summed E-state index contributed by atoms with van der Waals surface area (Å²) >= 11 is 17.5. The van der Waals surface area contributed by atoms with Crippen LogP contribution in [-0.2, 0) is 4.79 Å². The molecule has 3 atom stereocenters. The number of hydrogen-bond acceptors (Lipinski definition) is 1. The molecule has 15 heavy (non-hydrogen) atoms. The molecule has 1 fully saturated rings. The molecule has 2 rings (SSSR count). The highest BCUT2D eigenvalue weighted by Crippen LogP contribution is 2.52. The molecule has 1 aliphatic rings. The average molecular weight is 266 g/mol. The van der Waals surface area contributed by atoms with Gasteiger partial charge in [0, 0.05) is 16.0 Å². The Bertz CT molecular complexity index is 399. The molecule has 1 aromatic carbocycles. The van der Waals surface area contributed by atoms with Gasteiger partial charge in [0.25, 0.3) is 0 Å². The SMILES string of the molecule is O=C(O)[C@@H]1C(c2cc(Cl)cc(Cl)c2)[C@H]1Cl. The van der Waals surface area contributed by atoms with Crippen LogP contribution in [0.4, 0.5) is 0 Å². The first-order valence-corrected chi connectivity index (χ1v) is 5.53. The number of alkyl halides is 1. The molecule has 0 heterocycles. The summed E-state index contributed by atoms with van der Waals surface area (Å²) in [6, 6.07) is 5.01. The fraction of sp³-hybridized carbons (Fsp3) is 0.300. The smallest absolute Gasteiger partial charge is 0.308 e. The van der Waals surface area contributed by atoms with Crippen molar-refractivity contribution in [1.82, 2.24) is 0 Å². The van der Waals surface area contributed by atoms with Crippen LogP contribution in [0.25, 0.3) is 0 Å². The van der Waals surface area contributed by atoms with E-state index in [1.807, 2.05) is 0 Å². The van der Waals surface area contributed by atoms with Gasteiger partial charge in [-0.15, -0.1) is 11.6 Å². The highest BCUT2D eigenvalue weighted by molar-refractivity contribution is 6.34. The standard InChI is InChI=1S/C10H7Cl3O2/c11-5-1-4(2-6(12)3-5)7-8(9(7)13)10(14)15/h1-3,7-9H,(H,14,15)/t7?,8-,9-/m1/s1. The van der Waals surface area contributed by atoms with Crippen LogP contribution in [-0.4, -0.2) is 16.5 Å². The van der Waals surface area contributed by atoms with Gasteiger partial charge in [-0.3, -0.25) is 4.79 Å². The Morgan fingerprint density at radius 3 is 2.13 bits per heavy atom. The summed E-state index contributed by atoms with van der Waals surface area (Å²) in [5.41, 5.74) is 0.792. The number of halogens is 3. The quantitative estimate of drug-likeness (QED) is 0.832. The average Bonchev–Trinajstić information content (AvgIpc) is 2.75. The van der Waals surface area contributed by atoms with Crippen molar-refractivity contribution in [2.75, 3.05) is 0 Å². The molecule has 1 saturated carbocycles. The van der Waals surface area contributed by atoms with Crippen molar-refractivity contribution in [3.63, 3.8) is 0 Å². The zero-order chi connectivity index (χ0) is 11.2. The molecular weight excluding hydrogens is 258 g/mol. The lowest BCUT2D eigenvalue weighted by Gasteiger charge is -2.00. The summed E-state index contributed by atoms with van der Waals surface area (Å²) in [7, 11) is 0. The number of carboxylic acid groups (broad SMARTS) is 1. The molecule has 1 aromatic rings. The van der Waals surface area contributed by atoms with Crippen molar-refractivity contribution in [1.29, 1.82) is 0 Å². The maximum Gasteiger partial charge on any atom is 0.308 e. The Labute approximate surface area is 102 Å². The summed E-state index contributed by atoms with van der Waals surface area (Å²) in [4.78, 5) is 10.8. The third-order valence-corrected chi connectivity index (χ3v) is 3.47. The number of hydrogen-bond donors (Lipinski definition) is 1. The second kappa shape index (κ2) is 3.85. The first-order valence-electron chi connectivity index (χ1n) is 4.33. The molecule has 0 aliphatic heterocycles. The van der Waals surface area contributed by atoms with E-state index in [-0.39, 0.29) is 11.3 Å². The van der Waals surface area contributed by atoms with Crippen LogP contribution in [0.1, 0.15) is 11.5 Å². The van der Waals surface area contributed by atoms with Crippen molar-refractivity contribution in [2.45, 2.75) is 11.3 Å². The fourth-order valence-electron chi connectivity index (χ4n) is 1.72. The van der Waals surface area contributed by atoms with E-state index in [0.717, 1.165) is 5.56 Å². The van der Waals surface area contributed by atoms with Gasteiger partial charge >= 0.3 is 5.97 Å². The predicted molar refractivity (Wildman–Crippen MR) is 60.0 cm³/mol. The third kappa shape index (κ3) is 2.07. The van der Waals surface area contributed by atoms with Crippen LogP contribution >= 0.6 is 34.8 Å². The molecule has 0 amide bonds. The molecule has 2 nitrogen and oxygen atoms in total. The summed E-state index contributed by atoms with van der Waals surface area (Å²) in [6.07, 6.45) is 0. The number of rotatable bonds is 2. The molecule has 5 heteroatoms. The number of carboxylic acids is 1. The van der Waals surface area contributed by atoms with E-state index < -0.39 is 11.9 Å². The van der Waals surface area contributed by atoms with Crippen molar-refractivity contribution < 1.29 is 9.90 Å². The van der Waals surface area contributed by atoms with E-state index in [2.05, 4.69) is 0 Å². The molecule has 0 spiro atoms. The molecule has 0 radical (unpaired) electrons. The second-order valence-electron chi connectivity index (χ2n) is 3.54. The zero-order valence-corrected chi connectivity index (χ0v) is 9.72. The van der Waals surface area contributed by atoms with Crippen molar-refractivity contribution >= 4 is 40.8 Å². The zero-order valence-electron chi connectivity index (χ0n) is 7.45. The molecule has 0 aromatic heterocycles. The Balaban J connectivity index is 2.29. The first kappa shape index (κ1) is 11.1. The summed E-state index contributed by atoms with van der Waals surface area (Å²) in [5, 5.41) is 9.47. The van der Waals surface area contributed by atoms with Gasteiger partial charge in [-0.05, 0) is 23.8 Å². The topological polar surface area (TPSA) is 37.3 Å². The lowest BCUT2D eigenvalue weighted by Crippen LogP contribution is -2.00. The lowest BCUT2D eigenvalue weighted by atomic mass is 10.1. The normalized spacial score (nSPS) is 28.9. The Morgan fingerprint density at radius 1 is 1.20 bits per heavy atom. The molecule has 0 bridgehead atoms. The van der Waals surface area contributed by atoms with E-state index in [0.29, 0.717) is 10.0 Å². The fourth-order valence-corrected chi connectivity index (χ4v) is 2.75. The first-order chi connectivity index (χ1) is 7.00. The second-order valence-corrected chi connectivity index (χ2v) is 4.91. The largest absolute Gasteiger partial charge is 0.481 e. The lowest BCUT2D eigenvalue weighted by molar-refractivity contribution is -0.138. The maximum absolute atomic E-state index is 10.8. The van der Waals surface area contributed by atoms with Gasteiger partial charge in [0.15, 0.2) is 0 Å². The van der Waals surface area contributed by atoms with Crippen molar-refractivity contribution in [2.24, 2.45) is 5.92 Å². The van der Waals surface area contributed by atoms with Crippen molar-refractivity contribution in [3.05, 3.63) is 33.8 Å². The van der Waals surface area contributed by atoms with Gasteiger partial charge in [-0.25, -0.2) is 0 Å². The van der Waals surface area contributed by atoms with E-state index >= 15 is 0 Å². The van der Waals surface area contributed by atoms with E-state index in [9.17, 15) is 4.79 Å². The summed E-state index contributed by atoms with van der Waals surface area (Å²) in [5.74, 6) is -1.59. The Morgan fingerprint density at radius 2 is 1.73 bits per heavy atom. The Kier molecular flexibility index (Phi) is 2.84. The highest BCUT2D eigenvalue weighted by Gasteiger charge is 2.55. The van der Waals surface area contributed by atoms with Crippen LogP contribution in [0.15, 0.2) is 18.2 Å². The number of carbonyl (C=O) groups is 1. The van der Waals surface area contributed by atoms with Gasteiger partial charge < -0.3 is 5.11 Å². The molecule has 80 valence electrons. The van der Waals surface area contributed by atoms with Crippen LogP contribution in [0.5, 0.6) is 0 Å². The molecular formula is C10H7Cl3O2. The highest BCUT2D eigenvalue weighted by atomic mass is 35.5. The maximum atomic E-state index is 10.8. The molecule has 0 saturated heterocycles. The minimum Gasteiger partial charge on any atom is -0.481 e. The van der Waals surface area contributed by atoms with Crippen LogP contribution in [0.2, 0.25) is 10.0 Å². The Hall–Kier alpha value is -0.440. The summed E-state index contributed by atoms with van der Waals surface area (Å²) < 4.78 is 0. The van der Waals surface area contributed by atoms with E-state index in [4.69, 9.17) is 39.9 Å².